The molecule has 3 aromatic carbocycles. The molecule has 0 saturated heterocycles. The largest absolute Gasteiger partial charge is 0.422 e. The molecule has 3 aromatic rings. The summed E-state index contributed by atoms with van der Waals surface area (Å²) in [6, 6.07) is 20.2. The molecule has 0 aliphatic carbocycles. The fourth-order valence-corrected chi connectivity index (χ4v) is 2.64. The molecule has 0 saturated carbocycles. The SMILES string of the molecule is O=C(N/N=C\c1ccccc1OC(=O)c1ccc(Cl)cc1)c1ccc(Br)cc1. The number of benzene rings is 3. The number of halogens is 2. The second-order valence-corrected chi connectivity index (χ2v) is 6.99. The van der Waals surface area contributed by atoms with E-state index >= 15 is 0 Å². The molecular formula is C21H14BrClN2O3. The van der Waals surface area contributed by atoms with Crippen LogP contribution in [0.2, 0.25) is 5.02 Å². The summed E-state index contributed by atoms with van der Waals surface area (Å²) in [5.74, 6) is -0.542. The van der Waals surface area contributed by atoms with Gasteiger partial charge in [-0.3, -0.25) is 4.79 Å². The second kappa shape index (κ2) is 9.30. The average Bonchev–Trinajstić information content (AvgIpc) is 2.70. The minimum Gasteiger partial charge on any atom is -0.422 e. The molecule has 0 radical (unpaired) electrons. The number of esters is 1. The van der Waals surface area contributed by atoms with Crippen molar-refractivity contribution in [2.45, 2.75) is 0 Å². The lowest BCUT2D eigenvalue weighted by molar-refractivity contribution is 0.0734. The van der Waals surface area contributed by atoms with Gasteiger partial charge in [0.25, 0.3) is 5.91 Å². The summed E-state index contributed by atoms with van der Waals surface area (Å²) < 4.78 is 6.31. The molecule has 0 aliphatic heterocycles. The number of amides is 1. The van der Waals surface area contributed by atoms with Crippen LogP contribution in [0.1, 0.15) is 26.3 Å². The minimum absolute atomic E-state index is 0.323. The van der Waals surface area contributed by atoms with Crippen molar-refractivity contribution in [2.75, 3.05) is 0 Å². The smallest absolute Gasteiger partial charge is 0.343 e. The number of carbonyl (C=O) groups excluding carboxylic acids is 2. The molecule has 5 nitrogen and oxygen atoms in total. The number of nitrogens with zero attached hydrogens (tertiary/aromatic N) is 1. The highest BCUT2D eigenvalue weighted by Crippen LogP contribution is 2.18. The van der Waals surface area contributed by atoms with Gasteiger partial charge in [-0.1, -0.05) is 39.7 Å². The van der Waals surface area contributed by atoms with E-state index in [9.17, 15) is 9.59 Å². The Hall–Kier alpha value is -2.96. The van der Waals surface area contributed by atoms with Crippen LogP contribution in [-0.4, -0.2) is 18.1 Å². The Morgan fingerprint density at radius 2 is 1.57 bits per heavy atom. The number of hydrogen-bond acceptors (Lipinski definition) is 4. The van der Waals surface area contributed by atoms with Crippen molar-refractivity contribution >= 4 is 45.6 Å². The summed E-state index contributed by atoms with van der Waals surface area (Å²) in [4.78, 5) is 24.4. The topological polar surface area (TPSA) is 67.8 Å². The molecule has 0 aliphatic rings. The van der Waals surface area contributed by atoms with Gasteiger partial charge in [0.2, 0.25) is 0 Å². The van der Waals surface area contributed by atoms with Crippen LogP contribution in [0.5, 0.6) is 5.75 Å². The Morgan fingerprint density at radius 3 is 2.29 bits per heavy atom. The maximum Gasteiger partial charge on any atom is 0.343 e. The maximum atomic E-state index is 12.3. The molecule has 0 spiro atoms. The molecular weight excluding hydrogens is 444 g/mol. The van der Waals surface area contributed by atoms with Gasteiger partial charge < -0.3 is 4.74 Å². The van der Waals surface area contributed by atoms with Crippen LogP contribution < -0.4 is 10.2 Å². The molecule has 0 bridgehead atoms. The standard InChI is InChI=1S/C21H14BrClN2O3/c22-17-9-5-14(6-10-17)20(26)25-24-13-16-3-1-2-4-19(16)28-21(27)15-7-11-18(23)12-8-15/h1-13H,(H,25,26)/b24-13-. The summed E-state index contributed by atoms with van der Waals surface area (Å²) in [6.07, 6.45) is 1.42. The van der Waals surface area contributed by atoms with Crippen LogP contribution in [-0.2, 0) is 0 Å². The Morgan fingerprint density at radius 1 is 0.929 bits per heavy atom. The molecule has 0 heterocycles. The van der Waals surface area contributed by atoms with Crippen LogP contribution in [0.25, 0.3) is 0 Å². The molecule has 0 fully saturated rings. The molecule has 7 heteroatoms. The Kier molecular flexibility index (Phi) is 6.57. The van der Waals surface area contributed by atoms with Gasteiger partial charge in [-0.2, -0.15) is 5.10 Å². The van der Waals surface area contributed by atoms with Crippen LogP contribution in [0.3, 0.4) is 0 Å². The minimum atomic E-state index is -0.517. The van der Waals surface area contributed by atoms with Crippen molar-refractivity contribution in [3.8, 4) is 5.75 Å². The lowest BCUT2D eigenvalue weighted by Crippen LogP contribution is -2.17. The highest BCUT2D eigenvalue weighted by Gasteiger charge is 2.11. The first-order chi connectivity index (χ1) is 13.5. The fourth-order valence-electron chi connectivity index (χ4n) is 2.25. The van der Waals surface area contributed by atoms with Gasteiger partial charge in [-0.25, -0.2) is 10.2 Å². The third kappa shape index (κ3) is 5.28. The van der Waals surface area contributed by atoms with Crippen molar-refractivity contribution in [1.29, 1.82) is 0 Å². The normalized spacial score (nSPS) is 10.6. The van der Waals surface area contributed by atoms with Crippen molar-refractivity contribution in [3.63, 3.8) is 0 Å². The van der Waals surface area contributed by atoms with Crippen molar-refractivity contribution in [2.24, 2.45) is 5.10 Å². The summed E-state index contributed by atoms with van der Waals surface area (Å²) in [5, 5.41) is 4.48. The van der Waals surface area contributed by atoms with Crippen molar-refractivity contribution in [1.82, 2.24) is 5.43 Å². The van der Waals surface area contributed by atoms with E-state index in [-0.39, 0.29) is 5.91 Å². The Balaban J connectivity index is 1.68. The van der Waals surface area contributed by atoms with E-state index in [1.165, 1.54) is 6.21 Å². The van der Waals surface area contributed by atoms with E-state index in [1.54, 1.807) is 72.8 Å². The third-order valence-electron chi connectivity index (χ3n) is 3.68. The Bertz CT molecular complexity index is 1020. The van der Waals surface area contributed by atoms with Gasteiger partial charge in [-0.15, -0.1) is 0 Å². The van der Waals surface area contributed by atoms with E-state index < -0.39 is 5.97 Å². The zero-order valence-electron chi connectivity index (χ0n) is 14.4. The fraction of sp³-hybridized carbons (Fsp3) is 0. The monoisotopic (exact) mass is 456 g/mol. The average molecular weight is 458 g/mol. The molecule has 0 atom stereocenters. The summed E-state index contributed by atoms with van der Waals surface area (Å²) >= 11 is 9.15. The first-order valence-corrected chi connectivity index (χ1v) is 9.36. The molecule has 28 heavy (non-hydrogen) atoms. The van der Waals surface area contributed by atoms with Gasteiger partial charge in [0.15, 0.2) is 0 Å². The van der Waals surface area contributed by atoms with E-state index in [2.05, 4.69) is 26.5 Å². The van der Waals surface area contributed by atoms with Crippen LogP contribution in [0.4, 0.5) is 0 Å². The van der Waals surface area contributed by atoms with E-state index in [4.69, 9.17) is 16.3 Å². The molecule has 1 amide bonds. The first-order valence-electron chi connectivity index (χ1n) is 8.19. The quantitative estimate of drug-likeness (QED) is 0.251. The summed E-state index contributed by atoms with van der Waals surface area (Å²) in [6.45, 7) is 0. The van der Waals surface area contributed by atoms with Gasteiger partial charge in [0.05, 0.1) is 11.8 Å². The number of hydrazone groups is 1. The van der Waals surface area contributed by atoms with Crippen LogP contribution in [0.15, 0.2) is 82.4 Å². The van der Waals surface area contributed by atoms with E-state index in [0.29, 0.717) is 27.5 Å². The number of hydrogen-bond donors (Lipinski definition) is 1. The maximum absolute atomic E-state index is 12.3. The number of nitrogens with one attached hydrogen (secondary N) is 1. The molecule has 140 valence electrons. The predicted molar refractivity (Wildman–Crippen MR) is 112 cm³/mol. The lowest BCUT2D eigenvalue weighted by atomic mass is 10.2. The predicted octanol–water partition coefficient (Wildman–Crippen LogP) is 5.09. The van der Waals surface area contributed by atoms with Crippen molar-refractivity contribution in [3.05, 3.63) is 99.0 Å². The lowest BCUT2D eigenvalue weighted by Gasteiger charge is -2.07. The first kappa shape index (κ1) is 19.8. The van der Waals surface area contributed by atoms with Crippen LogP contribution >= 0.6 is 27.5 Å². The van der Waals surface area contributed by atoms with Gasteiger partial charge in [0, 0.05) is 20.6 Å². The number of rotatable bonds is 5. The number of para-hydroxylation sites is 1. The highest BCUT2D eigenvalue weighted by atomic mass is 79.9. The summed E-state index contributed by atoms with van der Waals surface area (Å²) in [7, 11) is 0. The van der Waals surface area contributed by atoms with Crippen molar-refractivity contribution < 1.29 is 14.3 Å². The molecule has 1 N–H and O–H groups in total. The molecule has 3 rings (SSSR count). The highest BCUT2D eigenvalue weighted by molar-refractivity contribution is 9.10. The third-order valence-corrected chi connectivity index (χ3v) is 4.46. The zero-order chi connectivity index (χ0) is 19.9. The Labute approximate surface area is 175 Å². The number of ether oxygens (including phenoxy) is 1. The van der Waals surface area contributed by atoms with Gasteiger partial charge in [0.1, 0.15) is 5.75 Å². The zero-order valence-corrected chi connectivity index (χ0v) is 16.8. The second-order valence-electron chi connectivity index (χ2n) is 5.64. The molecule has 0 unspecified atom stereocenters. The van der Waals surface area contributed by atoms with Crippen LogP contribution in [0, 0.1) is 0 Å². The van der Waals surface area contributed by atoms with E-state index in [0.717, 1.165) is 4.47 Å². The molecule has 0 aromatic heterocycles. The van der Waals surface area contributed by atoms with Gasteiger partial charge in [-0.05, 0) is 60.7 Å². The van der Waals surface area contributed by atoms with Gasteiger partial charge >= 0.3 is 5.97 Å². The number of carbonyl (C=O) groups is 2. The van der Waals surface area contributed by atoms with E-state index in [1.807, 2.05) is 0 Å². The summed E-state index contributed by atoms with van der Waals surface area (Å²) in [5.41, 5.74) is 3.84.